The highest BCUT2D eigenvalue weighted by Crippen LogP contribution is 2.35. The third kappa shape index (κ3) is 3.78. The van der Waals surface area contributed by atoms with Gasteiger partial charge in [-0.1, -0.05) is 46.3 Å². The van der Waals surface area contributed by atoms with Crippen LogP contribution in [0.1, 0.15) is 16.7 Å². The molecule has 4 rings (SSSR count). The highest BCUT2D eigenvalue weighted by Gasteiger charge is 2.23. The number of benzene rings is 3. The summed E-state index contributed by atoms with van der Waals surface area (Å²) in [4.78, 5) is 12.4. The number of para-hydroxylation sites is 1. The second-order valence-corrected chi connectivity index (χ2v) is 7.07. The summed E-state index contributed by atoms with van der Waals surface area (Å²) in [5, 5.41) is 2.86. The maximum Gasteiger partial charge on any atom is 0.256 e. The molecule has 0 radical (unpaired) electrons. The molecule has 3 aromatic carbocycles. The van der Waals surface area contributed by atoms with Gasteiger partial charge in [0, 0.05) is 26.9 Å². The van der Waals surface area contributed by atoms with E-state index in [2.05, 4.69) is 21.2 Å². The zero-order chi connectivity index (χ0) is 18.8. The molecule has 1 aliphatic heterocycles. The molecule has 0 spiro atoms. The smallest absolute Gasteiger partial charge is 0.256 e. The molecule has 0 aromatic heterocycles. The predicted molar refractivity (Wildman–Crippen MR) is 108 cm³/mol. The van der Waals surface area contributed by atoms with Crippen LogP contribution in [-0.4, -0.2) is 5.91 Å². The number of carbonyl (C=O) groups excluding carboxylic acids is 1. The first-order valence-electron chi connectivity index (χ1n) is 8.39. The fourth-order valence-electron chi connectivity index (χ4n) is 2.99. The monoisotopic (exact) mass is 423 g/mol. The first kappa shape index (κ1) is 17.5. The van der Waals surface area contributed by atoms with Gasteiger partial charge < -0.3 is 10.1 Å². The number of ether oxygens (including phenoxy) is 1. The maximum atomic E-state index is 13.4. The quantitative estimate of drug-likeness (QED) is 0.549. The number of halogens is 2. The van der Waals surface area contributed by atoms with Gasteiger partial charge in [0.05, 0.1) is 0 Å². The molecule has 1 N–H and O–H groups in total. The average Bonchev–Trinajstić information content (AvgIpc) is 2.97. The summed E-state index contributed by atoms with van der Waals surface area (Å²) < 4.78 is 20.1. The molecule has 0 unspecified atom stereocenters. The van der Waals surface area contributed by atoms with Crippen molar-refractivity contribution < 1.29 is 13.9 Å². The minimum atomic E-state index is -0.298. The number of anilines is 1. The van der Waals surface area contributed by atoms with Crippen LogP contribution >= 0.6 is 15.9 Å². The van der Waals surface area contributed by atoms with Crippen LogP contribution in [0.3, 0.4) is 0 Å². The first-order valence-corrected chi connectivity index (χ1v) is 9.19. The van der Waals surface area contributed by atoms with E-state index >= 15 is 0 Å². The van der Waals surface area contributed by atoms with Crippen LogP contribution in [0.15, 0.2) is 71.2 Å². The lowest BCUT2D eigenvalue weighted by Gasteiger charge is -2.11. The van der Waals surface area contributed by atoms with E-state index in [4.69, 9.17) is 4.74 Å². The fourth-order valence-corrected chi connectivity index (χ4v) is 3.37. The summed E-state index contributed by atoms with van der Waals surface area (Å²) in [5.74, 6) is 0.174. The Morgan fingerprint density at radius 3 is 2.74 bits per heavy atom. The number of amides is 1. The normalized spacial score (nSPS) is 14.1. The Hall–Kier alpha value is -2.92. The van der Waals surface area contributed by atoms with Crippen molar-refractivity contribution in [1.29, 1.82) is 0 Å². The molecular formula is C22H15BrFNO2. The molecule has 1 amide bonds. The summed E-state index contributed by atoms with van der Waals surface area (Å²) >= 11 is 3.46. The van der Waals surface area contributed by atoms with Gasteiger partial charge in [-0.15, -0.1) is 0 Å². The molecule has 3 nitrogen and oxygen atoms in total. The Bertz CT molecular complexity index is 1060. The number of carbonyl (C=O) groups is 1. The van der Waals surface area contributed by atoms with Crippen LogP contribution in [0.5, 0.6) is 5.75 Å². The van der Waals surface area contributed by atoms with Gasteiger partial charge in [-0.3, -0.25) is 4.79 Å². The molecule has 0 saturated carbocycles. The lowest BCUT2D eigenvalue weighted by molar-refractivity contribution is -0.110. The summed E-state index contributed by atoms with van der Waals surface area (Å²) in [7, 11) is 0. The first-order chi connectivity index (χ1) is 13.1. The van der Waals surface area contributed by atoms with Crippen molar-refractivity contribution in [3.8, 4) is 5.75 Å². The lowest BCUT2D eigenvalue weighted by atomic mass is 10.0. The molecule has 1 aliphatic rings. The molecular weight excluding hydrogens is 409 g/mol. The molecule has 0 aliphatic carbocycles. The minimum absolute atomic E-state index is 0.146. The lowest BCUT2D eigenvalue weighted by Crippen LogP contribution is -2.04. The van der Waals surface area contributed by atoms with E-state index < -0.39 is 0 Å². The zero-order valence-corrected chi connectivity index (χ0v) is 15.8. The summed E-state index contributed by atoms with van der Waals surface area (Å²) in [6.45, 7) is 0.234. The van der Waals surface area contributed by atoms with E-state index in [9.17, 15) is 9.18 Å². The van der Waals surface area contributed by atoms with Crippen molar-refractivity contribution in [1.82, 2.24) is 0 Å². The summed E-state index contributed by atoms with van der Waals surface area (Å²) in [5.41, 5.74) is 3.74. The number of hydrogen-bond acceptors (Lipinski definition) is 2. The average molecular weight is 424 g/mol. The maximum absolute atomic E-state index is 13.4. The topological polar surface area (TPSA) is 38.3 Å². The van der Waals surface area contributed by atoms with Crippen LogP contribution in [0.4, 0.5) is 10.1 Å². The Balaban J connectivity index is 1.67. The largest absolute Gasteiger partial charge is 0.488 e. The van der Waals surface area contributed by atoms with E-state index in [-0.39, 0.29) is 18.3 Å². The molecule has 134 valence electrons. The standard InChI is InChI=1S/C22H15BrFNO2/c23-16-8-9-21(27-13-14-4-3-5-17(24)10-14)15(11-16)12-19-18-6-1-2-7-20(18)25-22(19)26/h1-12H,13H2,(H,25,26)/b19-12+. The fraction of sp³-hybridized carbons (Fsp3) is 0.0455. The molecule has 0 atom stereocenters. The third-order valence-corrected chi connectivity index (χ3v) is 4.76. The molecule has 0 saturated heterocycles. The molecule has 5 heteroatoms. The number of hydrogen-bond donors (Lipinski definition) is 1. The predicted octanol–water partition coefficient (Wildman–Crippen LogP) is 5.66. The molecule has 0 fully saturated rings. The van der Waals surface area contributed by atoms with Gasteiger partial charge in [-0.25, -0.2) is 4.39 Å². The molecule has 3 aromatic rings. The highest BCUT2D eigenvalue weighted by atomic mass is 79.9. The van der Waals surface area contributed by atoms with Crippen molar-refractivity contribution in [3.05, 3.63) is 93.7 Å². The molecule has 1 heterocycles. The van der Waals surface area contributed by atoms with Gasteiger partial charge in [-0.2, -0.15) is 0 Å². The third-order valence-electron chi connectivity index (χ3n) is 4.27. The van der Waals surface area contributed by atoms with Gasteiger partial charge in [0.1, 0.15) is 18.2 Å². The summed E-state index contributed by atoms with van der Waals surface area (Å²) in [6.07, 6.45) is 1.81. The number of nitrogens with one attached hydrogen (secondary N) is 1. The van der Waals surface area contributed by atoms with Gasteiger partial charge in [0.25, 0.3) is 5.91 Å². The van der Waals surface area contributed by atoms with Gasteiger partial charge in [0.2, 0.25) is 0 Å². The Morgan fingerprint density at radius 1 is 1.04 bits per heavy atom. The van der Waals surface area contributed by atoms with Crippen LogP contribution in [0.2, 0.25) is 0 Å². The number of rotatable bonds is 4. The van der Waals surface area contributed by atoms with Gasteiger partial charge >= 0.3 is 0 Å². The van der Waals surface area contributed by atoms with E-state index in [1.54, 1.807) is 12.1 Å². The van der Waals surface area contributed by atoms with E-state index in [1.165, 1.54) is 12.1 Å². The van der Waals surface area contributed by atoms with Crippen molar-refractivity contribution in [2.45, 2.75) is 6.61 Å². The Morgan fingerprint density at radius 2 is 1.89 bits per heavy atom. The molecule has 0 bridgehead atoms. The van der Waals surface area contributed by atoms with Crippen LogP contribution in [0.25, 0.3) is 11.6 Å². The van der Waals surface area contributed by atoms with Crippen LogP contribution < -0.4 is 10.1 Å². The van der Waals surface area contributed by atoms with Crippen molar-refractivity contribution in [2.24, 2.45) is 0 Å². The highest BCUT2D eigenvalue weighted by molar-refractivity contribution is 9.10. The number of fused-ring (bicyclic) bond motifs is 1. The Kier molecular flexibility index (Phi) is 4.77. The van der Waals surface area contributed by atoms with Crippen molar-refractivity contribution in [2.75, 3.05) is 5.32 Å². The second-order valence-electron chi connectivity index (χ2n) is 6.16. The van der Waals surface area contributed by atoms with Gasteiger partial charge in [-0.05, 0) is 48.0 Å². The van der Waals surface area contributed by atoms with Crippen molar-refractivity contribution >= 4 is 39.2 Å². The van der Waals surface area contributed by atoms with Gasteiger partial charge in [0.15, 0.2) is 0 Å². The van der Waals surface area contributed by atoms with E-state index in [1.807, 2.05) is 48.5 Å². The minimum Gasteiger partial charge on any atom is -0.488 e. The van der Waals surface area contributed by atoms with Crippen LogP contribution in [-0.2, 0) is 11.4 Å². The zero-order valence-electron chi connectivity index (χ0n) is 14.2. The van der Waals surface area contributed by atoms with Crippen LogP contribution in [0, 0.1) is 5.82 Å². The SMILES string of the molecule is O=C1Nc2ccccc2/C1=C\c1cc(Br)ccc1OCc1cccc(F)c1. The molecule has 27 heavy (non-hydrogen) atoms. The summed E-state index contributed by atoms with van der Waals surface area (Å²) in [6, 6.07) is 19.4. The van der Waals surface area contributed by atoms with E-state index in [0.717, 1.165) is 26.9 Å². The van der Waals surface area contributed by atoms with Crippen molar-refractivity contribution in [3.63, 3.8) is 0 Å². The second kappa shape index (κ2) is 7.37. The Labute approximate surface area is 164 Å². The van der Waals surface area contributed by atoms with E-state index in [0.29, 0.717) is 11.3 Å².